The lowest BCUT2D eigenvalue weighted by molar-refractivity contribution is -0.137. The zero-order valence-corrected chi connectivity index (χ0v) is 19.0. The largest absolute Gasteiger partial charge is 0.418 e. The molecule has 2 atom stereocenters. The monoisotopic (exact) mass is 458 g/mol. The Bertz CT molecular complexity index is 1120. The molecule has 2 aromatic heterocycles. The molecular formula is C24H25F3N4S. The van der Waals surface area contributed by atoms with Crippen molar-refractivity contribution in [3.8, 4) is 5.69 Å². The van der Waals surface area contributed by atoms with Crippen molar-refractivity contribution in [3.63, 3.8) is 0 Å². The number of rotatable bonds is 5. The summed E-state index contributed by atoms with van der Waals surface area (Å²) in [4.78, 5) is 6.65. The van der Waals surface area contributed by atoms with Gasteiger partial charge in [0.2, 0.25) is 0 Å². The van der Waals surface area contributed by atoms with Gasteiger partial charge in [-0.05, 0) is 68.4 Å². The van der Waals surface area contributed by atoms with E-state index in [4.69, 9.17) is 12.2 Å². The van der Waals surface area contributed by atoms with Gasteiger partial charge >= 0.3 is 6.18 Å². The summed E-state index contributed by atoms with van der Waals surface area (Å²) in [5, 5.41) is 4.02. The highest BCUT2D eigenvalue weighted by atomic mass is 32.1. The molecule has 1 aromatic carbocycles. The van der Waals surface area contributed by atoms with Crippen LogP contribution in [0.5, 0.6) is 0 Å². The van der Waals surface area contributed by atoms with Crippen LogP contribution in [0.3, 0.4) is 0 Å². The van der Waals surface area contributed by atoms with E-state index >= 15 is 0 Å². The van der Waals surface area contributed by atoms with Crippen molar-refractivity contribution in [2.75, 3.05) is 6.54 Å². The minimum absolute atomic E-state index is 0.131. The summed E-state index contributed by atoms with van der Waals surface area (Å²) in [6.07, 6.45) is -1.81. The average Bonchev–Trinajstić information content (AvgIpc) is 3.24. The van der Waals surface area contributed by atoms with Crippen LogP contribution in [-0.2, 0) is 6.18 Å². The zero-order chi connectivity index (χ0) is 23.0. The van der Waals surface area contributed by atoms with Crippen LogP contribution in [0.2, 0.25) is 0 Å². The fraction of sp³-hybridized carbons (Fsp3) is 0.333. The number of alkyl halides is 3. The molecule has 3 aromatic rings. The molecule has 0 unspecified atom stereocenters. The third-order valence-electron chi connectivity index (χ3n) is 5.90. The van der Waals surface area contributed by atoms with E-state index in [9.17, 15) is 13.2 Å². The number of halogens is 3. The first-order chi connectivity index (χ1) is 15.2. The number of thiocarbonyl (C=S) groups is 1. The molecule has 4 nitrogen and oxygen atoms in total. The van der Waals surface area contributed by atoms with E-state index in [2.05, 4.69) is 22.1 Å². The molecule has 8 heteroatoms. The van der Waals surface area contributed by atoms with Gasteiger partial charge in [-0.2, -0.15) is 13.2 Å². The maximum atomic E-state index is 13.7. The SMILES string of the molecule is CCCN1C(=S)N[C@H](c2ccccn2)[C@H]1c1cc(C)n(-c2ccccc2C(F)(F)F)c1C. The normalized spacial score (nSPS) is 18.8. The molecule has 1 aliphatic heterocycles. The van der Waals surface area contributed by atoms with Gasteiger partial charge in [-0.1, -0.05) is 25.1 Å². The number of nitrogens with one attached hydrogen (secondary N) is 1. The number of nitrogens with zero attached hydrogens (tertiary/aromatic N) is 3. The second-order valence-electron chi connectivity index (χ2n) is 8.00. The molecule has 0 aliphatic carbocycles. The van der Waals surface area contributed by atoms with Crippen molar-refractivity contribution in [2.45, 2.75) is 45.5 Å². The van der Waals surface area contributed by atoms with Crippen LogP contribution in [0.4, 0.5) is 13.2 Å². The van der Waals surface area contributed by atoms with Crippen molar-refractivity contribution >= 4 is 17.3 Å². The Morgan fingerprint density at radius 3 is 2.47 bits per heavy atom. The predicted octanol–water partition coefficient (Wildman–Crippen LogP) is 5.89. The van der Waals surface area contributed by atoms with E-state index in [1.165, 1.54) is 12.1 Å². The Labute approximate surface area is 191 Å². The molecule has 32 heavy (non-hydrogen) atoms. The molecule has 3 heterocycles. The Morgan fingerprint density at radius 1 is 1.09 bits per heavy atom. The number of hydrogen-bond donors (Lipinski definition) is 1. The molecule has 0 saturated carbocycles. The second-order valence-corrected chi connectivity index (χ2v) is 8.38. The van der Waals surface area contributed by atoms with E-state index < -0.39 is 11.7 Å². The van der Waals surface area contributed by atoms with Crippen molar-refractivity contribution in [1.29, 1.82) is 0 Å². The first-order valence-electron chi connectivity index (χ1n) is 10.6. The van der Waals surface area contributed by atoms with Gasteiger partial charge in [-0.25, -0.2) is 0 Å². The van der Waals surface area contributed by atoms with Crippen LogP contribution in [0.15, 0.2) is 54.7 Å². The number of para-hydroxylation sites is 1. The molecule has 1 fully saturated rings. The summed E-state index contributed by atoms with van der Waals surface area (Å²) < 4.78 is 42.9. The molecule has 1 saturated heterocycles. The lowest BCUT2D eigenvalue weighted by atomic mass is 9.96. The van der Waals surface area contributed by atoms with E-state index in [0.29, 0.717) is 5.11 Å². The van der Waals surface area contributed by atoms with Gasteiger partial charge in [0.25, 0.3) is 0 Å². The first kappa shape index (κ1) is 22.3. The van der Waals surface area contributed by atoms with Crippen LogP contribution >= 0.6 is 12.2 Å². The quantitative estimate of drug-likeness (QED) is 0.484. The lowest BCUT2D eigenvalue weighted by Gasteiger charge is -2.28. The van der Waals surface area contributed by atoms with E-state index in [1.807, 2.05) is 38.1 Å². The maximum Gasteiger partial charge on any atom is 0.418 e. The van der Waals surface area contributed by atoms with Gasteiger partial charge in [0.15, 0.2) is 5.11 Å². The summed E-state index contributed by atoms with van der Waals surface area (Å²) in [7, 11) is 0. The summed E-state index contributed by atoms with van der Waals surface area (Å²) in [5.74, 6) is 0. The zero-order valence-electron chi connectivity index (χ0n) is 18.1. The smallest absolute Gasteiger partial charge is 0.352 e. The number of hydrogen-bond acceptors (Lipinski definition) is 2. The molecule has 168 valence electrons. The topological polar surface area (TPSA) is 33.1 Å². The van der Waals surface area contributed by atoms with Crippen LogP contribution in [-0.4, -0.2) is 26.1 Å². The van der Waals surface area contributed by atoms with Crippen molar-refractivity contribution in [2.24, 2.45) is 0 Å². The Balaban J connectivity index is 1.87. The van der Waals surface area contributed by atoms with Gasteiger partial charge in [-0.15, -0.1) is 0 Å². The molecule has 4 rings (SSSR count). The molecule has 1 N–H and O–H groups in total. The summed E-state index contributed by atoms with van der Waals surface area (Å²) >= 11 is 5.64. The number of aryl methyl sites for hydroxylation is 1. The van der Waals surface area contributed by atoms with E-state index in [0.717, 1.165) is 41.7 Å². The number of benzene rings is 1. The minimum atomic E-state index is -4.44. The Hall–Kier alpha value is -2.87. The molecule has 0 spiro atoms. The molecule has 0 amide bonds. The summed E-state index contributed by atoms with van der Waals surface area (Å²) in [6, 6.07) is 13.0. The fourth-order valence-corrected chi connectivity index (χ4v) is 4.92. The van der Waals surface area contributed by atoms with Crippen LogP contribution in [0.25, 0.3) is 5.69 Å². The standard InChI is InChI=1S/C24H25F3N4S/c1-4-13-30-22(21(29-23(30)32)19-10-7-8-12-28-19)17-14-15(2)31(16(17)3)20-11-6-5-9-18(20)24(25,26)27/h5-12,14,21-22H,4,13H2,1-3H3,(H,29,32)/t21-,22-/m1/s1. The first-order valence-corrected chi connectivity index (χ1v) is 11.0. The molecule has 0 radical (unpaired) electrons. The van der Waals surface area contributed by atoms with Gasteiger partial charge < -0.3 is 14.8 Å². The predicted molar refractivity (Wildman–Crippen MR) is 123 cm³/mol. The van der Waals surface area contributed by atoms with Gasteiger partial charge in [0.1, 0.15) is 0 Å². The number of aromatic nitrogens is 2. The lowest BCUT2D eigenvalue weighted by Crippen LogP contribution is -2.30. The molecule has 0 bridgehead atoms. The van der Waals surface area contributed by atoms with Gasteiger partial charge in [0, 0.05) is 24.1 Å². The Morgan fingerprint density at radius 2 is 1.81 bits per heavy atom. The second kappa shape index (κ2) is 8.58. The Kier molecular flexibility index (Phi) is 5.99. The molecule has 1 aliphatic rings. The third-order valence-corrected chi connectivity index (χ3v) is 6.25. The van der Waals surface area contributed by atoms with Crippen LogP contribution in [0.1, 0.15) is 53.6 Å². The van der Waals surface area contributed by atoms with E-state index in [1.54, 1.807) is 16.8 Å². The molecular weight excluding hydrogens is 433 g/mol. The van der Waals surface area contributed by atoms with Crippen molar-refractivity contribution in [3.05, 3.63) is 82.9 Å². The number of pyridine rings is 1. The maximum absolute atomic E-state index is 13.7. The highest BCUT2D eigenvalue weighted by molar-refractivity contribution is 7.80. The van der Waals surface area contributed by atoms with Crippen molar-refractivity contribution in [1.82, 2.24) is 19.8 Å². The highest BCUT2D eigenvalue weighted by Crippen LogP contribution is 2.42. The highest BCUT2D eigenvalue weighted by Gasteiger charge is 2.41. The average molecular weight is 459 g/mol. The van der Waals surface area contributed by atoms with Crippen LogP contribution in [0, 0.1) is 13.8 Å². The fourth-order valence-electron chi connectivity index (χ4n) is 4.59. The van der Waals surface area contributed by atoms with E-state index in [-0.39, 0.29) is 17.8 Å². The van der Waals surface area contributed by atoms with Gasteiger partial charge in [-0.3, -0.25) is 4.98 Å². The van der Waals surface area contributed by atoms with Gasteiger partial charge in [0.05, 0.1) is 29.0 Å². The third kappa shape index (κ3) is 3.88. The van der Waals surface area contributed by atoms with Crippen LogP contribution < -0.4 is 5.32 Å². The summed E-state index contributed by atoms with van der Waals surface area (Å²) in [5.41, 5.74) is 2.77. The minimum Gasteiger partial charge on any atom is -0.352 e. The van der Waals surface area contributed by atoms with Crippen molar-refractivity contribution < 1.29 is 13.2 Å². The summed E-state index contributed by atoms with van der Waals surface area (Å²) in [6.45, 7) is 6.53.